The van der Waals surface area contributed by atoms with E-state index in [4.69, 9.17) is 4.99 Å². The molecule has 0 aliphatic carbocycles. The third-order valence-corrected chi connectivity index (χ3v) is 4.03. The number of nitrogens with zero attached hydrogens (tertiary/aromatic N) is 2. The molecule has 0 aromatic heterocycles. The number of aliphatic imine (C=N–C) groups is 1. The summed E-state index contributed by atoms with van der Waals surface area (Å²) < 4.78 is 0. The lowest BCUT2D eigenvalue weighted by Crippen LogP contribution is -2.37. The van der Waals surface area contributed by atoms with Crippen LogP contribution in [0.2, 0.25) is 0 Å². The second-order valence-electron chi connectivity index (χ2n) is 6.77. The highest BCUT2D eigenvalue weighted by molar-refractivity contribution is 14.0. The summed E-state index contributed by atoms with van der Waals surface area (Å²) in [5.74, 6) is 0.888. The minimum absolute atomic E-state index is 0. The van der Waals surface area contributed by atoms with Crippen molar-refractivity contribution in [1.29, 1.82) is 0 Å². The molecule has 0 amide bonds. The lowest BCUT2D eigenvalue weighted by Gasteiger charge is -2.12. The van der Waals surface area contributed by atoms with Gasteiger partial charge >= 0.3 is 0 Å². The third-order valence-electron chi connectivity index (χ3n) is 4.03. The number of halogens is 1. The van der Waals surface area contributed by atoms with E-state index in [1.807, 2.05) is 0 Å². The van der Waals surface area contributed by atoms with Crippen LogP contribution < -0.4 is 10.6 Å². The smallest absolute Gasteiger partial charge is 0.191 e. The fraction of sp³-hybridized carbons (Fsp3) is 0.409. The standard InChI is InChI=1S/C22H32N4.HI/c1-4-23-22(24-15-9-14-19-10-6-5-7-11-19)25-17-20-12-8-13-21(16-20)18-26(2)3;/h5-8,10-13,16H,4,9,14-15,17-18H2,1-3H3,(H2,23,24,25);1H. The van der Waals surface area contributed by atoms with Crippen LogP contribution in [-0.4, -0.2) is 38.0 Å². The number of nitrogens with one attached hydrogen (secondary N) is 2. The Bertz CT molecular complexity index is 671. The molecule has 2 rings (SSSR count). The zero-order chi connectivity index (χ0) is 18.6. The lowest BCUT2D eigenvalue weighted by molar-refractivity contribution is 0.402. The second-order valence-corrected chi connectivity index (χ2v) is 6.77. The van der Waals surface area contributed by atoms with Crippen LogP contribution in [-0.2, 0) is 19.5 Å². The molecule has 4 nitrogen and oxygen atoms in total. The highest BCUT2D eigenvalue weighted by Gasteiger charge is 2.00. The minimum Gasteiger partial charge on any atom is -0.357 e. The van der Waals surface area contributed by atoms with Crippen LogP contribution in [0.4, 0.5) is 0 Å². The Morgan fingerprint density at radius 3 is 2.33 bits per heavy atom. The van der Waals surface area contributed by atoms with Crippen molar-refractivity contribution in [3.8, 4) is 0 Å². The van der Waals surface area contributed by atoms with Gasteiger partial charge in [-0.2, -0.15) is 0 Å². The van der Waals surface area contributed by atoms with Crippen molar-refractivity contribution in [1.82, 2.24) is 15.5 Å². The number of hydrogen-bond acceptors (Lipinski definition) is 2. The van der Waals surface area contributed by atoms with Crippen LogP contribution in [0.5, 0.6) is 0 Å². The molecule has 2 aromatic carbocycles. The van der Waals surface area contributed by atoms with Gasteiger partial charge in [0.05, 0.1) is 6.54 Å². The van der Waals surface area contributed by atoms with Gasteiger partial charge in [0.1, 0.15) is 0 Å². The van der Waals surface area contributed by atoms with Gasteiger partial charge in [0, 0.05) is 19.6 Å². The van der Waals surface area contributed by atoms with Gasteiger partial charge in [0.2, 0.25) is 0 Å². The van der Waals surface area contributed by atoms with Crippen LogP contribution in [0, 0.1) is 0 Å². The first-order valence-corrected chi connectivity index (χ1v) is 9.46. The summed E-state index contributed by atoms with van der Waals surface area (Å²) >= 11 is 0. The first kappa shape index (κ1) is 23.4. The van der Waals surface area contributed by atoms with Gasteiger partial charge in [0.25, 0.3) is 0 Å². The van der Waals surface area contributed by atoms with E-state index < -0.39 is 0 Å². The zero-order valence-corrected chi connectivity index (χ0v) is 19.1. The Morgan fingerprint density at radius 2 is 1.63 bits per heavy atom. The van der Waals surface area contributed by atoms with Gasteiger partial charge in [-0.15, -0.1) is 24.0 Å². The number of benzene rings is 2. The van der Waals surface area contributed by atoms with E-state index >= 15 is 0 Å². The SMILES string of the molecule is CCNC(=NCc1cccc(CN(C)C)c1)NCCCc1ccccc1.I. The van der Waals surface area contributed by atoms with E-state index in [0.29, 0.717) is 6.54 Å². The fourth-order valence-electron chi connectivity index (χ4n) is 2.85. The predicted octanol–water partition coefficient (Wildman–Crippen LogP) is 4.05. The molecular formula is C22H33IN4. The summed E-state index contributed by atoms with van der Waals surface area (Å²) in [6.45, 7) is 5.52. The molecule has 2 N–H and O–H groups in total. The Hall–Kier alpha value is -1.60. The van der Waals surface area contributed by atoms with Crippen molar-refractivity contribution in [2.24, 2.45) is 4.99 Å². The van der Waals surface area contributed by atoms with E-state index in [1.54, 1.807) is 0 Å². The van der Waals surface area contributed by atoms with Crippen LogP contribution in [0.15, 0.2) is 59.6 Å². The number of aryl methyl sites for hydroxylation is 1. The molecule has 0 radical (unpaired) electrons. The first-order valence-electron chi connectivity index (χ1n) is 9.46. The van der Waals surface area contributed by atoms with E-state index in [0.717, 1.165) is 38.4 Å². The van der Waals surface area contributed by atoms with E-state index in [-0.39, 0.29) is 24.0 Å². The average Bonchev–Trinajstić information content (AvgIpc) is 2.64. The van der Waals surface area contributed by atoms with Crippen LogP contribution >= 0.6 is 24.0 Å². The highest BCUT2D eigenvalue weighted by atomic mass is 127. The van der Waals surface area contributed by atoms with E-state index in [9.17, 15) is 0 Å². The van der Waals surface area contributed by atoms with Crippen molar-refractivity contribution in [2.75, 3.05) is 27.2 Å². The summed E-state index contributed by atoms with van der Waals surface area (Å²) in [5.41, 5.74) is 3.95. The summed E-state index contributed by atoms with van der Waals surface area (Å²) in [5, 5.41) is 6.77. The molecule has 0 unspecified atom stereocenters. The molecule has 0 bridgehead atoms. The quantitative estimate of drug-likeness (QED) is 0.246. The molecule has 0 spiro atoms. The summed E-state index contributed by atoms with van der Waals surface area (Å²) in [6, 6.07) is 19.3. The molecule has 0 saturated heterocycles. The van der Waals surface area contributed by atoms with Crippen LogP contribution in [0.25, 0.3) is 0 Å². The van der Waals surface area contributed by atoms with Gasteiger partial charge in [-0.3, -0.25) is 0 Å². The first-order chi connectivity index (χ1) is 12.7. The molecule has 2 aromatic rings. The molecule has 148 valence electrons. The topological polar surface area (TPSA) is 39.7 Å². The van der Waals surface area contributed by atoms with Gasteiger partial charge < -0.3 is 15.5 Å². The average molecular weight is 480 g/mol. The van der Waals surface area contributed by atoms with Crippen molar-refractivity contribution in [3.63, 3.8) is 0 Å². The lowest BCUT2D eigenvalue weighted by atomic mass is 10.1. The third kappa shape index (κ3) is 9.77. The van der Waals surface area contributed by atoms with Gasteiger partial charge in [0.15, 0.2) is 5.96 Å². The molecule has 27 heavy (non-hydrogen) atoms. The van der Waals surface area contributed by atoms with Crippen molar-refractivity contribution in [3.05, 3.63) is 71.3 Å². The van der Waals surface area contributed by atoms with Crippen molar-refractivity contribution in [2.45, 2.75) is 32.9 Å². The maximum absolute atomic E-state index is 4.73. The molecule has 0 fully saturated rings. The number of guanidine groups is 1. The normalized spacial score (nSPS) is 11.2. The molecule has 0 atom stereocenters. The molecule has 0 aliphatic heterocycles. The van der Waals surface area contributed by atoms with Crippen molar-refractivity contribution < 1.29 is 0 Å². The monoisotopic (exact) mass is 480 g/mol. The summed E-state index contributed by atoms with van der Waals surface area (Å²) in [4.78, 5) is 6.91. The van der Waals surface area contributed by atoms with E-state index in [2.05, 4.69) is 91.1 Å². The predicted molar refractivity (Wildman–Crippen MR) is 127 cm³/mol. The second kappa shape index (κ2) is 13.6. The zero-order valence-electron chi connectivity index (χ0n) is 16.7. The maximum atomic E-state index is 4.73. The Labute approximate surface area is 181 Å². The van der Waals surface area contributed by atoms with Crippen molar-refractivity contribution >= 4 is 29.9 Å². The minimum atomic E-state index is 0. The molecule has 0 heterocycles. The summed E-state index contributed by atoms with van der Waals surface area (Å²) in [7, 11) is 4.18. The molecule has 0 saturated carbocycles. The Balaban J connectivity index is 0.00000364. The molecule has 0 aliphatic rings. The Kier molecular flexibility index (Phi) is 11.8. The molecular weight excluding hydrogens is 447 g/mol. The maximum Gasteiger partial charge on any atom is 0.191 e. The van der Waals surface area contributed by atoms with Crippen LogP contribution in [0.1, 0.15) is 30.0 Å². The number of rotatable bonds is 9. The molecule has 5 heteroatoms. The highest BCUT2D eigenvalue weighted by Crippen LogP contribution is 2.08. The van der Waals surface area contributed by atoms with Crippen LogP contribution in [0.3, 0.4) is 0 Å². The van der Waals surface area contributed by atoms with Gasteiger partial charge in [-0.1, -0.05) is 54.6 Å². The summed E-state index contributed by atoms with van der Waals surface area (Å²) in [6.07, 6.45) is 2.17. The van der Waals surface area contributed by atoms with Gasteiger partial charge in [-0.05, 0) is 50.6 Å². The fourth-order valence-corrected chi connectivity index (χ4v) is 2.85. The largest absolute Gasteiger partial charge is 0.357 e. The number of hydrogen-bond donors (Lipinski definition) is 2. The van der Waals surface area contributed by atoms with Gasteiger partial charge in [-0.25, -0.2) is 4.99 Å². The Morgan fingerprint density at radius 1 is 0.926 bits per heavy atom. The van der Waals surface area contributed by atoms with E-state index in [1.165, 1.54) is 16.7 Å².